The van der Waals surface area contributed by atoms with Gasteiger partial charge in [-0.2, -0.15) is 13.2 Å². The molecular formula is C18H20F3N. The van der Waals surface area contributed by atoms with Crippen LogP contribution in [0.5, 0.6) is 0 Å². The van der Waals surface area contributed by atoms with Gasteiger partial charge in [-0.1, -0.05) is 30.7 Å². The molecule has 0 amide bonds. The zero-order chi connectivity index (χ0) is 15.7. The van der Waals surface area contributed by atoms with E-state index in [2.05, 4.69) is 18.0 Å². The minimum absolute atomic E-state index is 0.0599. The lowest BCUT2D eigenvalue weighted by molar-refractivity contribution is -0.137. The van der Waals surface area contributed by atoms with Crippen molar-refractivity contribution in [3.8, 4) is 0 Å². The standard InChI is InChI=1S/C18H20F3N/c1-2-12-7-13-9-14(8-12)11-15(10-13)22-17-6-4-3-5-16(17)18(19,20)21/h3-7,13-14H,2,8-11H2,1H3/t13-,14+/m1/s1. The Morgan fingerprint density at radius 2 is 1.91 bits per heavy atom. The SMILES string of the molecule is CCC1=C[C@H]2CC(=Nc3ccccc3C(F)(F)F)C[C@@H](C1)C2. The number of para-hydroxylation sites is 1. The molecule has 0 heterocycles. The molecule has 22 heavy (non-hydrogen) atoms. The minimum atomic E-state index is -4.35. The first kappa shape index (κ1) is 15.3. The lowest BCUT2D eigenvalue weighted by atomic mass is 9.72. The van der Waals surface area contributed by atoms with Crippen molar-refractivity contribution in [3.63, 3.8) is 0 Å². The molecule has 0 aromatic heterocycles. The van der Waals surface area contributed by atoms with Crippen molar-refractivity contribution in [2.24, 2.45) is 16.8 Å². The highest BCUT2D eigenvalue weighted by Gasteiger charge is 2.34. The predicted octanol–water partition coefficient (Wildman–Crippen LogP) is 5.93. The first-order chi connectivity index (χ1) is 10.5. The second-order valence-corrected chi connectivity index (χ2v) is 6.35. The Hall–Kier alpha value is -1.58. The predicted molar refractivity (Wildman–Crippen MR) is 82.4 cm³/mol. The number of nitrogens with zero attached hydrogens (tertiary/aromatic N) is 1. The number of allylic oxidation sites excluding steroid dienone is 2. The van der Waals surface area contributed by atoms with Gasteiger partial charge in [-0.25, -0.2) is 0 Å². The Morgan fingerprint density at radius 1 is 1.14 bits per heavy atom. The van der Waals surface area contributed by atoms with Crippen LogP contribution in [0.3, 0.4) is 0 Å². The largest absolute Gasteiger partial charge is 0.418 e. The maximum atomic E-state index is 13.1. The molecule has 1 fully saturated rings. The van der Waals surface area contributed by atoms with Crippen LogP contribution >= 0.6 is 0 Å². The van der Waals surface area contributed by atoms with Crippen molar-refractivity contribution in [3.05, 3.63) is 41.5 Å². The van der Waals surface area contributed by atoms with Crippen molar-refractivity contribution in [2.75, 3.05) is 0 Å². The Balaban J connectivity index is 1.88. The highest BCUT2D eigenvalue weighted by Crippen LogP contribution is 2.41. The van der Waals surface area contributed by atoms with Crippen LogP contribution < -0.4 is 0 Å². The van der Waals surface area contributed by atoms with Gasteiger partial charge in [-0.15, -0.1) is 0 Å². The Labute approximate surface area is 129 Å². The summed E-state index contributed by atoms with van der Waals surface area (Å²) in [6.45, 7) is 2.17. The van der Waals surface area contributed by atoms with Gasteiger partial charge in [0.25, 0.3) is 0 Å². The van der Waals surface area contributed by atoms with Gasteiger partial charge in [0.05, 0.1) is 11.3 Å². The lowest BCUT2D eigenvalue weighted by Gasteiger charge is -2.34. The molecule has 2 bridgehead atoms. The Morgan fingerprint density at radius 3 is 2.59 bits per heavy atom. The number of hydrogen-bond acceptors (Lipinski definition) is 1. The minimum Gasteiger partial charge on any atom is -0.257 e. The number of aliphatic imine (C=N–C) groups is 1. The molecule has 2 aliphatic rings. The zero-order valence-corrected chi connectivity index (χ0v) is 12.7. The van der Waals surface area contributed by atoms with E-state index in [1.165, 1.54) is 17.7 Å². The molecule has 118 valence electrons. The second kappa shape index (κ2) is 5.90. The monoisotopic (exact) mass is 307 g/mol. The highest BCUT2D eigenvalue weighted by molar-refractivity contribution is 5.88. The van der Waals surface area contributed by atoms with E-state index in [4.69, 9.17) is 0 Å². The molecular weight excluding hydrogens is 287 g/mol. The van der Waals surface area contributed by atoms with E-state index < -0.39 is 11.7 Å². The van der Waals surface area contributed by atoms with Crippen LogP contribution in [0.4, 0.5) is 18.9 Å². The number of fused-ring (bicyclic) bond motifs is 2. The van der Waals surface area contributed by atoms with Crippen LogP contribution in [0.25, 0.3) is 0 Å². The lowest BCUT2D eigenvalue weighted by Crippen LogP contribution is -2.26. The van der Waals surface area contributed by atoms with E-state index in [1.807, 2.05) is 0 Å². The third kappa shape index (κ3) is 3.26. The second-order valence-electron chi connectivity index (χ2n) is 6.35. The summed E-state index contributed by atoms with van der Waals surface area (Å²) in [6, 6.07) is 5.61. The molecule has 0 unspecified atom stereocenters. The zero-order valence-electron chi connectivity index (χ0n) is 12.7. The fourth-order valence-electron chi connectivity index (χ4n) is 3.70. The van der Waals surface area contributed by atoms with Crippen LogP contribution in [0.1, 0.15) is 44.6 Å². The number of rotatable bonds is 2. The van der Waals surface area contributed by atoms with Gasteiger partial charge in [-0.05, 0) is 56.1 Å². The van der Waals surface area contributed by atoms with Gasteiger partial charge < -0.3 is 0 Å². The van der Waals surface area contributed by atoms with E-state index in [0.29, 0.717) is 11.8 Å². The summed E-state index contributed by atoms with van der Waals surface area (Å²) in [6.07, 6.45) is 2.92. The summed E-state index contributed by atoms with van der Waals surface area (Å²) in [7, 11) is 0. The van der Waals surface area contributed by atoms with Crippen molar-refractivity contribution >= 4 is 11.4 Å². The van der Waals surface area contributed by atoms with Crippen molar-refractivity contribution in [1.82, 2.24) is 0 Å². The molecule has 0 spiro atoms. The topological polar surface area (TPSA) is 12.4 Å². The van der Waals surface area contributed by atoms with Crippen molar-refractivity contribution in [2.45, 2.75) is 45.2 Å². The van der Waals surface area contributed by atoms with Gasteiger partial charge in [0.15, 0.2) is 0 Å². The summed E-state index contributed by atoms with van der Waals surface area (Å²) in [5.74, 6) is 1.01. The molecule has 3 rings (SSSR count). The summed E-state index contributed by atoms with van der Waals surface area (Å²) in [5.41, 5.74) is 1.84. The number of alkyl halides is 3. The third-order valence-corrected chi connectivity index (χ3v) is 4.62. The number of benzene rings is 1. The van der Waals surface area contributed by atoms with Gasteiger partial charge in [0.1, 0.15) is 0 Å². The molecule has 1 saturated carbocycles. The van der Waals surface area contributed by atoms with Crippen LogP contribution in [0.15, 0.2) is 40.9 Å². The van der Waals surface area contributed by atoms with Gasteiger partial charge in [-0.3, -0.25) is 4.99 Å². The summed E-state index contributed by atoms with van der Waals surface area (Å²) < 4.78 is 39.2. The van der Waals surface area contributed by atoms with E-state index >= 15 is 0 Å². The molecule has 1 aromatic carbocycles. The fourth-order valence-corrected chi connectivity index (χ4v) is 3.70. The van der Waals surface area contributed by atoms with Crippen molar-refractivity contribution in [1.29, 1.82) is 0 Å². The Bertz CT molecular complexity index is 613. The van der Waals surface area contributed by atoms with Crippen LogP contribution in [-0.2, 0) is 6.18 Å². The van der Waals surface area contributed by atoms with E-state index in [0.717, 1.165) is 43.9 Å². The summed E-state index contributed by atoms with van der Waals surface area (Å²) in [4.78, 5) is 4.39. The maximum absolute atomic E-state index is 13.1. The smallest absolute Gasteiger partial charge is 0.257 e. The van der Waals surface area contributed by atoms with Crippen LogP contribution in [-0.4, -0.2) is 5.71 Å². The summed E-state index contributed by atoms with van der Waals surface area (Å²) in [5, 5.41) is 0. The number of hydrogen-bond donors (Lipinski definition) is 0. The maximum Gasteiger partial charge on any atom is 0.418 e. The molecule has 2 aliphatic carbocycles. The first-order valence-electron chi connectivity index (χ1n) is 7.88. The molecule has 0 N–H and O–H groups in total. The van der Waals surface area contributed by atoms with Gasteiger partial charge >= 0.3 is 6.18 Å². The number of halogens is 3. The van der Waals surface area contributed by atoms with Crippen LogP contribution in [0.2, 0.25) is 0 Å². The molecule has 0 saturated heterocycles. The normalized spacial score (nSPS) is 26.9. The van der Waals surface area contributed by atoms with Gasteiger partial charge in [0, 0.05) is 5.71 Å². The average Bonchev–Trinajstić information content (AvgIpc) is 2.45. The van der Waals surface area contributed by atoms with Crippen molar-refractivity contribution < 1.29 is 13.2 Å². The Kier molecular flexibility index (Phi) is 4.11. The molecule has 2 atom stereocenters. The molecule has 0 aliphatic heterocycles. The third-order valence-electron chi connectivity index (χ3n) is 4.62. The molecule has 0 radical (unpaired) electrons. The highest BCUT2D eigenvalue weighted by atomic mass is 19.4. The van der Waals surface area contributed by atoms with Crippen LogP contribution in [0, 0.1) is 11.8 Å². The van der Waals surface area contributed by atoms with Gasteiger partial charge in [0.2, 0.25) is 0 Å². The molecule has 4 heteroatoms. The first-order valence-corrected chi connectivity index (χ1v) is 7.88. The quantitative estimate of drug-likeness (QED) is 0.600. The van der Waals surface area contributed by atoms with E-state index in [1.54, 1.807) is 6.07 Å². The fraction of sp³-hybridized carbons (Fsp3) is 0.500. The average molecular weight is 307 g/mol. The van der Waals surface area contributed by atoms with E-state index in [-0.39, 0.29) is 5.69 Å². The molecule has 1 aromatic rings. The summed E-state index contributed by atoms with van der Waals surface area (Å²) >= 11 is 0. The van der Waals surface area contributed by atoms with E-state index in [9.17, 15) is 13.2 Å². The molecule has 1 nitrogen and oxygen atoms in total.